The molecule has 1 unspecified atom stereocenters. The van der Waals surface area contributed by atoms with Crippen molar-refractivity contribution >= 4 is 17.3 Å². The van der Waals surface area contributed by atoms with Crippen LogP contribution in [0.1, 0.15) is 25.3 Å². The van der Waals surface area contributed by atoms with Gasteiger partial charge in [0.05, 0.1) is 13.2 Å². The average molecular weight is 300 g/mol. The van der Waals surface area contributed by atoms with Crippen LogP contribution >= 0.6 is 0 Å². The Bertz CT molecular complexity index is 576. The van der Waals surface area contributed by atoms with Crippen molar-refractivity contribution in [2.24, 2.45) is 11.8 Å². The second-order valence-electron chi connectivity index (χ2n) is 6.78. The SMILES string of the molecule is CC(C(=O)N1CCc2cc(N3CCOCC3)ccc21)C1CC1. The molecule has 0 radical (unpaired) electrons. The summed E-state index contributed by atoms with van der Waals surface area (Å²) in [5.41, 5.74) is 3.72. The summed E-state index contributed by atoms with van der Waals surface area (Å²) in [6, 6.07) is 6.58. The highest BCUT2D eigenvalue weighted by atomic mass is 16.5. The zero-order valence-electron chi connectivity index (χ0n) is 13.3. The second-order valence-corrected chi connectivity index (χ2v) is 6.78. The lowest BCUT2D eigenvalue weighted by Gasteiger charge is -2.29. The molecule has 4 heteroatoms. The molecule has 1 saturated heterocycles. The molecule has 3 aliphatic rings. The van der Waals surface area contributed by atoms with Gasteiger partial charge in [-0.2, -0.15) is 0 Å². The number of fused-ring (bicyclic) bond motifs is 1. The molecule has 1 saturated carbocycles. The van der Waals surface area contributed by atoms with Crippen LogP contribution in [-0.2, 0) is 16.0 Å². The van der Waals surface area contributed by atoms with E-state index in [9.17, 15) is 4.79 Å². The molecule has 1 atom stereocenters. The molecule has 1 aliphatic carbocycles. The number of anilines is 2. The molecule has 2 fully saturated rings. The summed E-state index contributed by atoms with van der Waals surface area (Å²) in [6.45, 7) is 6.47. The van der Waals surface area contributed by atoms with Crippen LogP contribution in [0.25, 0.3) is 0 Å². The minimum absolute atomic E-state index is 0.185. The van der Waals surface area contributed by atoms with Gasteiger partial charge in [-0.1, -0.05) is 6.92 Å². The Hall–Kier alpha value is -1.55. The van der Waals surface area contributed by atoms with Crippen molar-refractivity contribution in [2.45, 2.75) is 26.2 Å². The third-order valence-corrected chi connectivity index (χ3v) is 5.32. The number of amides is 1. The van der Waals surface area contributed by atoms with E-state index in [-0.39, 0.29) is 5.92 Å². The average Bonchev–Trinajstić information content (AvgIpc) is 3.33. The number of hydrogen-bond donors (Lipinski definition) is 0. The molecule has 118 valence electrons. The van der Waals surface area contributed by atoms with Gasteiger partial charge in [0.1, 0.15) is 0 Å². The lowest BCUT2D eigenvalue weighted by molar-refractivity contribution is -0.122. The standard InChI is InChI=1S/C18H24N2O2/c1-13(14-2-3-14)18(21)20-7-6-15-12-16(4-5-17(15)20)19-8-10-22-11-9-19/h4-5,12-14H,2-3,6-11H2,1H3. The Kier molecular flexibility index (Phi) is 3.57. The van der Waals surface area contributed by atoms with Crippen molar-refractivity contribution in [3.05, 3.63) is 23.8 Å². The Labute approximate surface area is 132 Å². The van der Waals surface area contributed by atoms with Crippen LogP contribution < -0.4 is 9.80 Å². The van der Waals surface area contributed by atoms with Gasteiger partial charge in [-0.3, -0.25) is 4.79 Å². The number of benzene rings is 1. The first-order chi connectivity index (χ1) is 10.7. The van der Waals surface area contributed by atoms with Gasteiger partial charge in [0.25, 0.3) is 0 Å². The number of carbonyl (C=O) groups is 1. The molecular formula is C18H24N2O2. The van der Waals surface area contributed by atoms with Gasteiger partial charge in [0.15, 0.2) is 0 Å². The maximum atomic E-state index is 12.7. The van der Waals surface area contributed by atoms with Gasteiger partial charge in [-0.05, 0) is 48.9 Å². The summed E-state index contributed by atoms with van der Waals surface area (Å²) in [5.74, 6) is 1.13. The van der Waals surface area contributed by atoms with E-state index in [2.05, 4.69) is 30.0 Å². The van der Waals surface area contributed by atoms with Gasteiger partial charge in [0, 0.05) is 36.9 Å². The minimum atomic E-state index is 0.185. The van der Waals surface area contributed by atoms with Crippen molar-refractivity contribution in [1.82, 2.24) is 0 Å². The second kappa shape index (κ2) is 5.58. The van der Waals surface area contributed by atoms with Crippen molar-refractivity contribution in [2.75, 3.05) is 42.6 Å². The monoisotopic (exact) mass is 300 g/mol. The van der Waals surface area contributed by atoms with Gasteiger partial charge < -0.3 is 14.5 Å². The summed E-state index contributed by atoms with van der Waals surface area (Å²) in [6.07, 6.45) is 3.43. The van der Waals surface area contributed by atoms with Crippen molar-refractivity contribution in [3.63, 3.8) is 0 Å². The number of carbonyl (C=O) groups excluding carboxylic acids is 1. The van der Waals surface area contributed by atoms with Gasteiger partial charge in [-0.25, -0.2) is 0 Å². The fourth-order valence-corrected chi connectivity index (χ4v) is 3.68. The molecule has 0 aromatic heterocycles. The molecule has 1 aromatic carbocycles. The first kappa shape index (κ1) is 14.1. The number of rotatable bonds is 3. The zero-order valence-corrected chi connectivity index (χ0v) is 13.3. The van der Waals surface area contributed by atoms with E-state index in [4.69, 9.17) is 4.74 Å². The molecule has 0 N–H and O–H groups in total. The summed E-state index contributed by atoms with van der Waals surface area (Å²) >= 11 is 0. The Morgan fingerprint density at radius 3 is 2.73 bits per heavy atom. The number of morpholine rings is 1. The van der Waals surface area contributed by atoms with E-state index in [1.807, 2.05) is 4.90 Å². The van der Waals surface area contributed by atoms with E-state index >= 15 is 0 Å². The summed E-state index contributed by atoms with van der Waals surface area (Å²) in [7, 11) is 0. The van der Waals surface area contributed by atoms with E-state index < -0.39 is 0 Å². The Morgan fingerprint density at radius 2 is 2.00 bits per heavy atom. The fraction of sp³-hybridized carbons (Fsp3) is 0.611. The van der Waals surface area contributed by atoms with Crippen LogP contribution in [0.3, 0.4) is 0 Å². The maximum absolute atomic E-state index is 12.7. The van der Waals surface area contributed by atoms with Crippen molar-refractivity contribution in [1.29, 1.82) is 0 Å². The molecule has 2 heterocycles. The van der Waals surface area contributed by atoms with E-state index in [1.165, 1.54) is 24.1 Å². The summed E-state index contributed by atoms with van der Waals surface area (Å²) < 4.78 is 5.42. The molecule has 1 aromatic rings. The van der Waals surface area contributed by atoms with Crippen molar-refractivity contribution < 1.29 is 9.53 Å². The highest BCUT2D eigenvalue weighted by Gasteiger charge is 2.37. The van der Waals surface area contributed by atoms with Gasteiger partial charge >= 0.3 is 0 Å². The quantitative estimate of drug-likeness (QED) is 0.859. The largest absolute Gasteiger partial charge is 0.378 e. The third kappa shape index (κ3) is 2.50. The molecule has 0 spiro atoms. The van der Waals surface area contributed by atoms with E-state index in [0.29, 0.717) is 11.8 Å². The topological polar surface area (TPSA) is 32.8 Å². The Balaban J connectivity index is 1.53. The molecule has 4 nitrogen and oxygen atoms in total. The van der Waals surface area contributed by atoms with E-state index in [0.717, 1.165) is 45.0 Å². The predicted octanol–water partition coefficient (Wildman–Crippen LogP) is 2.46. The first-order valence-corrected chi connectivity index (χ1v) is 8.51. The minimum Gasteiger partial charge on any atom is -0.378 e. The number of ether oxygens (including phenoxy) is 1. The third-order valence-electron chi connectivity index (χ3n) is 5.32. The maximum Gasteiger partial charge on any atom is 0.230 e. The highest BCUT2D eigenvalue weighted by Crippen LogP contribution is 2.40. The normalized spacial score (nSPS) is 22.6. The Morgan fingerprint density at radius 1 is 1.23 bits per heavy atom. The van der Waals surface area contributed by atoms with E-state index in [1.54, 1.807) is 0 Å². The summed E-state index contributed by atoms with van der Waals surface area (Å²) in [5, 5.41) is 0. The number of nitrogens with zero attached hydrogens (tertiary/aromatic N) is 2. The smallest absolute Gasteiger partial charge is 0.230 e. The van der Waals surface area contributed by atoms with Crippen LogP contribution in [-0.4, -0.2) is 38.8 Å². The van der Waals surface area contributed by atoms with Gasteiger partial charge in [-0.15, -0.1) is 0 Å². The molecule has 4 rings (SSSR count). The predicted molar refractivity (Wildman–Crippen MR) is 87.4 cm³/mol. The molecular weight excluding hydrogens is 276 g/mol. The van der Waals surface area contributed by atoms with Crippen LogP contribution in [0, 0.1) is 11.8 Å². The van der Waals surface area contributed by atoms with Crippen molar-refractivity contribution in [3.8, 4) is 0 Å². The lowest BCUT2D eigenvalue weighted by atomic mass is 10.0. The van der Waals surface area contributed by atoms with Crippen LogP contribution in [0.4, 0.5) is 11.4 Å². The number of hydrogen-bond acceptors (Lipinski definition) is 3. The van der Waals surface area contributed by atoms with Crippen LogP contribution in [0.2, 0.25) is 0 Å². The molecule has 0 bridgehead atoms. The van der Waals surface area contributed by atoms with Crippen LogP contribution in [0.5, 0.6) is 0 Å². The van der Waals surface area contributed by atoms with Crippen LogP contribution in [0.15, 0.2) is 18.2 Å². The zero-order chi connectivity index (χ0) is 15.1. The summed E-state index contributed by atoms with van der Waals surface area (Å²) in [4.78, 5) is 17.1. The molecule has 2 aliphatic heterocycles. The fourth-order valence-electron chi connectivity index (χ4n) is 3.68. The lowest BCUT2D eigenvalue weighted by Crippen LogP contribution is -2.36. The molecule has 22 heavy (non-hydrogen) atoms. The van der Waals surface area contributed by atoms with Gasteiger partial charge in [0.2, 0.25) is 5.91 Å². The highest BCUT2D eigenvalue weighted by molar-refractivity contribution is 5.97. The first-order valence-electron chi connectivity index (χ1n) is 8.51. The molecule has 1 amide bonds.